The summed E-state index contributed by atoms with van der Waals surface area (Å²) in [5.41, 5.74) is 5.65. The van der Waals surface area contributed by atoms with Gasteiger partial charge in [0, 0.05) is 6.42 Å². The molecule has 0 aromatic heterocycles. The van der Waals surface area contributed by atoms with E-state index in [1.54, 1.807) is 5.01 Å². The second kappa shape index (κ2) is 8.49. The van der Waals surface area contributed by atoms with E-state index in [-0.39, 0.29) is 11.9 Å². The van der Waals surface area contributed by atoms with Crippen molar-refractivity contribution in [3.8, 4) is 0 Å². The van der Waals surface area contributed by atoms with Crippen molar-refractivity contribution in [1.29, 1.82) is 0 Å². The molecule has 0 bridgehead atoms. The molecule has 1 aliphatic rings. The van der Waals surface area contributed by atoms with Gasteiger partial charge in [0.2, 0.25) is 0 Å². The molecule has 1 amide bonds. The molecule has 1 atom stereocenters. The van der Waals surface area contributed by atoms with Crippen molar-refractivity contribution in [2.45, 2.75) is 40.2 Å². The number of nitrogens with zero attached hydrogens (tertiary/aromatic N) is 3. The molecule has 0 saturated carbocycles. The van der Waals surface area contributed by atoms with Crippen molar-refractivity contribution in [2.24, 2.45) is 5.10 Å². The summed E-state index contributed by atoms with van der Waals surface area (Å²) in [4.78, 5) is 15.2. The van der Waals surface area contributed by atoms with Crippen molar-refractivity contribution in [2.75, 3.05) is 19.6 Å². The first kappa shape index (κ1) is 19.3. The molecule has 0 aliphatic carbocycles. The van der Waals surface area contributed by atoms with Gasteiger partial charge in [-0.1, -0.05) is 73.5 Å². The standard InChI is InChI=1S/C23H29N3O/c1-5-25(6-2)16-23(27)26-22(19-12-10-17(3)11-13-19)15-21(24-26)20-9-7-8-18(4)14-20/h7-14,22H,5-6,15-16H2,1-4H3. The lowest BCUT2D eigenvalue weighted by Crippen LogP contribution is -2.38. The summed E-state index contributed by atoms with van der Waals surface area (Å²) in [5.74, 6) is 0.0620. The minimum Gasteiger partial charge on any atom is -0.295 e. The summed E-state index contributed by atoms with van der Waals surface area (Å²) < 4.78 is 0. The van der Waals surface area contributed by atoms with Crippen LogP contribution in [-0.4, -0.2) is 41.2 Å². The van der Waals surface area contributed by atoms with Gasteiger partial charge in [0.25, 0.3) is 5.91 Å². The largest absolute Gasteiger partial charge is 0.295 e. The molecule has 2 aromatic rings. The zero-order valence-electron chi connectivity index (χ0n) is 16.8. The Hall–Kier alpha value is -2.46. The average molecular weight is 364 g/mol. The summed E-state index contributed by atoms with van der Waals surface area (Å²) in [6.45, 7) is 10.5. The van der Waals surface area contributed by atoms with Gasteiger partial charge < -0.3 is 0 Å². The Kier molecular flexibility index (Phi) is 6.07. The Bertz CT molecular complexity index is 822. The van der Waals surface area contributed by atoms with Crippen LogP contribution in [0.4, 0.5) is 0 Å². The van der Waals surface area contributed by atoms with E-state index >= 15 is 0 Å². The predicted molar refractivity (Wildman–Crippen MR) is 111 cm³/mol. The molecule has 27 heavy (non-hydrogen) atoms. The second-order valence-corrected chi connectivity index (χ2v) is 7.25. The maximum Gasteiger partial charge on any atom is 0.257 e. The van der Waals surface area contributed by atoms with Gasteiger partial charge in [-0.3, -0.25) is 9.69 Å². The van der Waals surface area contributed by atoms with Gasteiger partial charge in [-0.25, -0.2) is 5.01 Å². The van der Waals surface area contributed by atoms with Crippen LogP contribution in [0.5, 0.6) is 0 Å². The number of likely N-dealkylation sites (N-methyl/N-ethyl adjacent to an activating group) is 1. The fourth-order valence-electron chi connectivity index (χ4n) is 3.50. The molecule has 1 unspecified atom stereocenters. The number of hydrogen-bond donors (Lipinski definition) is 0. The molecule has 0 fully saturated rings. The Morgan fingerprint density at radius 1 is 1.07 bits per heavy atom. The molecular formula is C23H29N3O. The molecule has 4 heteroatoms. The first-order valence-electron chi connectivity index (χ1n) is 9.77. The van der Waals surface area contributed by atoms with E-state index in [9.17, 15) is 4.79 Å². The van der Waals surface area contributed by atoms with Crippen LogP contribution in [0.3, 0.4) is 0 Å². The van der Waals surface area contributed by atoms with Crippen LogP contribution in [0.15, 0.2) is 53.6 Å². The quantitative estimate of drug-likeness (QED) is 0.766. The van der Waals surface area contributed by atoms with Crippen LogP contribution in [0.1, 0.15) is 48.6 Å². The van der Waals surface area contributed by atoms with Crippen LogP contribution in [0, 0.1) is 13.8 Å². The Morgan fingerprint density at radius 3 is 2.41 bits per heavy atom. The van der Waals surface area contributed by atoms with E-state index in [4.69, 9.17) is 5.10 Å². The number of carbonyl (C=O) groups is 1. The number of aryl methyl sites for hydroxylation is 2. The molecule has 0 radical (unpaired) electrons. The first-order chi connectivity index (χ1) is 13.0. The second-order valence-electron chi connectivity index (χ2n) is 7.25. The van der Waals surface area contributed by atoms with Gasteiger partial charge >= 0.3 is 0 Å². The van der Waals surface area contributed by atoms with E-state index < -0.39 is 0 Å². The lowest BCUT2D eigenvalue weighted by Gasteiger charge is -2.25. The molecule has 1 heterocycles. The van der Waals surface area contributed by atoms with E-state index in [0.717, 1.165) is 36.3 Å². The number of amides is 1. The van der Waals surface area contributed by atoms with Crippen LogP contribution in [-0.2, 0) is 4.79 Å². The zero-order valence-corrected chi connectivity index (χ0v) is 16.8. The highest BCUT2D eigenvalue weighted by atomic mass is 16.2. The fourth-order valence-corrected chi connectivity index (χ4v) is 3.50. The predicted octanol–water partition coefficient (Wildman–Crippen LogP) is 4.32. The Labute approximate surface area is 162 Å². The monoisotopic (exact) mass is 363 g/mol. The number of benzene rings is 2. The topological polar surface area (TPSA) is 35.9 Å². The highest BCUT2D eigenvalue weighted by Crippen LogP contribution is 2.33. The molecule has 4 nitrogen and oxygen atoms in total. The minimum atomic E-state index is -0.0378. The first-order valence-corrected chi connectivity index (χ1v) is 9.77. The van der Waals surface area contributed by atoms with Crippen molar-refractivity contribution < 1.29 is 4.79 Å². The Morgan fingerprint density at radius 2 is 1.78 bits per heavy atom. The molecule has 0 spiro atoms. The molecular weight excluding hydrogens is 334 g/mol. The number of hydrogen-bond acceptors (Lipinski definition) is 3. The van der Waals surface area contributed by atoms with Gasteiger partial charge in [-0.15, -0.1) is 0 Å². The third-order valence-electron chi connectivity index (χ3n) is 5.23. The van der Waals surface area contributed by atoms with Crippen molar-refractivity contribution in [1.82, 2.24) is 9.91 Å². The molecule has 0 saturated heterocycles. The summed E-state index contributed by atoms with van der Waals surface area (Å²) >= 11 is 0. The molecule has 0 N–H and O–H groups in total. The molecule has 142 valence electrons. The highest BCUT2D eigenvalue weighted by Gasteiger charge is 2.33. The fraction of sp³-hybridized carbons (Fsp3) is 0.391. The lowest BCUT2D eigenvalue weighted by molar-refractivity contribution is -0.134. The summed E-state index contributed by atoms with van der Waals surface area (Å²) in [6, 6.07) is 16.8. The Balaban J connectivity index is 1.92. The molecule has 3 rings (SSSR count). The van der Waals surface area contributed by atoms with E-state index in [2.05, 4.69) is 81.1 Å². The van der Waals surface area contributed by atoms with Gasteiger partial charge in [0.15, 0.2) is 0 Å². The maximum absolute atomic E-state index is 13.0. The maximum atomic E-state index is 13.0. The van der Waals surface area contributed by atoms with E-state index in [1.807, 2.05) is 0 Å². The van der Waals surface area contributed by atoms with Crippen LogP contribution >= 0.6 is 0 Å². The molecule has 2 aromatic carbocycles. The van der Waals surface area contributed by atoms with E-state index in [0.29, 0.717) is 6.54 Å². The number of rotatable bonds is 6. The highest BCUT2D eigenvalue weighted by molar-refractivity contribution is 6.03. The lowest BCUT2D eigenvalue weighted by atomic mass is 9.97. The third kappa shape index (κ3) is 4.45. The normalized spacial score (nSPS) is 16.7. The van der Waals surface area contributed by atoms with Crippen molar-refractivity contribution >= 4 is 11.6 Å². The number of hydrazone groups is 1. The number of carbonyl (C=O) groups excluding carboxylic acids is 1. The average Bonchev–Trinajstić information content (AvgIpc) is 3.12. The summed E-state index contributed by atoms with van der Waals surface area (Å²) in [6.07, 6.45) is 0.747. The van der Waals surface area contributed by atoms with E-state index in [1.165, 1.54) is 11.1 Å². The van der Waals surface area contributed by atoms with Gasteiger partial charge in [0.1, 0.15) is 0 Å². The molecule has 1 aliphatic heterocycles. The van der Waals surface area contributed by atoms with Crippen molar-refractivity contribution in [3.63, 3.8) is 0 Å². The van der Waals surface area contributed by atoms with Crippen LogP contribution in [0.25, 0.3) is 0 Å². The van der Waals surface area contributed by atoms with Crippen molar-refractivity contribution in [3.05, 3.63) is 70.8 Å². The van der Waals surface area contributed by atoms with Crippen LogP contribution < -0.4 is 0 Å². The SMILES string of the molecule is CCN(CC)CC(=O)N1N=C(c2cccc(C)c2)CC1c1ccc(C)cc1. The third-order valence-corrected chi connectivity index (χ3v) is 5.23. The van der Waals surface area contributed by atoms with Gasteiger partial charge in [-0.05, 0) is 38.1 Å². The van der Waals surface area contributed by atoms with Crippen LogP contribution in [0.2, 0.25) is 0 Å². The minimum absolute atomic E-state index is 0.0378. The van der Waals surface area contributed by atoms with Gasteiger partial charge in [-0.2, -0.15) is 5.10 Å². The summed E-state index contributed by atoms with van der Waals surface area (Å²) in [7, 11) is 0. The van der Waals surface area contributed by atoms with Gasteiger partial charge in [0.05, 0.1) is 18.3 Å². The summed E-state index contributed by atoms with van der Waals surface area (Å²) in [5, 5.41) is 6.48. The zero-order chi connectivity index (χ0) is 19.4. The smallest absolute Gasteiger partial charge is 0.257 e.